The molecule has 0 atom stereocenters. The number of benzene rings is 1. The number of thiophene rings is 1. The summed E-state index contributed by atoms with van der Waals surface area (Å²) in [6.45, 7) is 0. The Labute approximate surface area is 112 Å². The molecular weight excluding hydrogens is 270 g/mol. The monoisotopic (exact) mass is 279 g/mol. The topological polar surface area (TPSA) is 63.9 Å². The summed E-state index contributed by atoms with van der Waals surface area (Å²) in [7, 11) is 1.64. The number of nitrogen functional groups attached to an aromatic ring is 1. The Hall–Kier alpha value is -1.72. The number of nitrogens with one attached hydrogen (secondary N) is 1. The van der Waals surface area contributed by atoms with Crippen LogP contribution in [-0.2, 0) is 0 Å². The molecule has 2 aromatic heterocycles. The molecule has 0 amide bonds. The molecular formula is C12H10ClN3OS. The van der Waals surface area contributed by atoms with Gasteiger partial charge in [0, 0.05) is 16.5 Å². The predicted octanol–water partition coefficient (Wildman–Crippen LogP) is 3.54. The highest BCUT2D eigenvalue weighted by molar-refractivity contribution is 7.13. The number of halogens is 1. The van der Waals surface area contributed by atoms with Crippen molar-refractivity contribution < 1.29 is 4.74 Å². The van der Waals surface area contributed by atoms with Gasteiger partial charge in [-0.1, -0.05) is 11.6 Å². The van der Waals surface area contributed by atoms with Crippen molar-refractivity contribution in [3.63, 3.8) is 0 Å². The van der Waals surface area contributed by atoms with Crippen molar-refractivity contribution in [1.82, 2.24) is 9.97 Å². The number of aromatic nitrogens is 2. The molecule has 0 spiro atoms. The molecule has 4 nitrogen and oxygen atoms in total. The summed E-state index contributed by atoms with van der Waals surface area (Å²) < 4.78 is 5.16. The normalized spacial score (nSPS) is 11.0. The molecule has 0 unspecified atom stereocenters. The Morgan fingerprint density at radius 2 is 2.22 bits per heavy atom. The lowest BCUT2D eigenvalue weighted by Crippen LogP contribution is -1.86. The minimum atomic E-state index is 0.573. The number of rotatable bonds is 2. The van der Waals surface area contributed by atoms with Gasteiger partial charge in [-0.15, -0.1) is 11.3 Å². The molecule has 18 heavy (non-hydrogen) atoms. The van der Waals surface area contributed by atoms with Crippen LogP contribution in [0.4, 0.5) is 5.69 Å². The van der Waals surface area contributed by atoms with Crippen LogP contribution in [0.25, 0.3) is 21.7 Å². The zero-order valence-corrected chi connectivity index (χ0v) is 11.1. The summed E-state index contributed by atoms with van der Waals surface area (Å²) >= 11 is 7.52. The number of hydrogen-bond donors (Lipinski definition) is 2. The first-order valence-electron chi connectivity index (χ1n) is 5.25. The van der Waals surface area contributed by atoms with Crippen LogP contribution >= 0.6 is 22.9 Å². The van der Waals surface area contributed by atoms with Crippen molar-refractivity contribution in [1.29, 1.82) is 0 Å². The van der Waals surface area contributed by atoms with E-state index in [-0.39, 0.29) is 0 Å². The molecule has 0 saturated carbocycles. The minimum Gasteiger partial charge on any atom is -0.496 e. The Morgan fingerprint density at radius 1 is 1.39 bits per heavy atom. The largest absolute Gasteiger partial charge is 0.496 e. The number of imidazole rings is 1. The molecule has 3 rings (SSSR count). The molecule has 2 heterocycles. The van der Waals surface area contributed by atoms with Gasteiger partial charge in [-0.3, -0.25) is 0 Å². The van der Waals surface area contributed by atoms with Gasteiger partial charge in [0.2, 0.25) is 0 Å². The number of aromatic amines is 1. The standard InChI is InChI=1S/C12H10ClN3OS/c1-17-7-4-10(18-5-7)12-15-9-3-6(13)2-8(14)11(9)16-12/h2-5H,14H2,1H3,(H,15,16). The summed E-state index contributed by atoms with van der Waals surface area (Å²) in [5, 5.41) is 2.53. The Bertz CT molecular complexity index is 719. The number of ether oxygens (including phenoxy) is 1. The van der Waals surface area contributed by atoms with Crippen LogP contribution in [0.1, 0.15) is 0 Å². The number of nitrogens with zero attached hydrogens (tertiary/aromatic N) is 1. The number of anilines is 1. The third kappa shape index (κ3) is 1.81. The van der Waals surface area contributed by atoms with Gasteiger partial charge in [0.1, 0.15) is 17.1 Å². The van der Waals surface area contributed by atoms with E-state index in [1.807, 2.05) is 17.5 Å². The number of hydrogen-bond acceptors (Lipinski definition) is 4. The number of fused-ring (bicyclic) bond motifs is 1. The zero-order valence-electron chi connectivity index (χ0n) is 9.53. The Balaban J connectivity index is 2.16. The third-order valence-electron chi connectivity index (χ3n) is 2.63. The molecule has 3 aromatic rings. The summed E-state index contributed by atoms with van der Waals surface area (Å²) in [6.07, 6.45) is 0. The van der Waals surface area contributed by atoms with Crippen molar-refractivity contribution in [3.05, 3.63) is 28.6 Å². The molecule has 3 N–H and O–H groups in total. The van der Waals surface area contributed by atoms with Crippen molar-refractivity contribution in [2.24, 2.45) is 0 Å². The lowest BCUT2D eigenvalue weighted by atomic mass is 10.3. The van der Waals surface area contributed by atoms with Crippen molar-refractivity contribution >= 4 is 39.7 Å². The predicted molar refractivity (Wildman–Crippen MR) is 75.4 cm³/mol. The van der Waals surface area contributed by atoms with Crippen LogP contribution in [-0.4, -0.2) is 17.1 Å². The van der Waals surface area contributed by atoms with Gasteiger partial charge in [-0.2, -0.15) is 0 Å². The van der Waals surface area contributed by atoms with E-state index >= 15 is 0 Å². The summed E-state index contributed by atoms with van der Waals surface area (Å²) in [4.78, 5) is 8.70. The highest BCUT2D eigenvalue weighted by Crippen LogP contribution is 2.32. The zero-order chi connectivity index (χ0) is 12.7. The summed E-state index contributed by atoms with van der Waals surface area (Å²) in [6, 6.07) is 5.44. The molecule has 0 aliphatic heterocycles. The van der Waals surface area contributed by atoms with E-state index in [0.717, 1.165) is 27.5 Å². The van der Waals surface area contributed by atoms with Gasteiger partial charge in [-0.05, 0) is 12.1 Å². The second kappa shape index (κ2) is 4.19. The molecule has 1 aromatic carbocycles. The second-order valence-corrected chi connectivity index (χ2v) is 5.18. The maximum Gasteiger partial charge on any atom is 0.148 e. The van der Waals surface area contributed by atoms with E-state index in [1.165, 1.54) is 0 Å². The third-order valence-corrected chi connectivity index (χ3v) is 3.76. The van der Waals surface area contributed by atoms with Crippen molar-refractivity contribution in [3.8, 4) is 16.5 Å². The van der Waals surface area contributed by atoms with E-state index < -0.39 is 0 Å². The minimum absolute atomic E-state index is 0.573. The lowest BCUT2D eigenvalue weighted by Gasteiger charge is -1.94. The average molecular weight is 280 g/mol. The van der Waals surface area contributed by atoms with Crippen LogP contribution < -0.4 is 10.5 Å². The molecule has 0 bridgehead atoms. The molecule has 0 aliphatic carbocycles. The quantitative estimate of drug-likeness (QED) is 0.705. The Kier molecular flexibility index (Phi) is 2.65. The maximum atomic E-state index is 5.96. The van der Waals surface area contributed by atoms with Gasteiger partial charge in [-0.25, -0.2) is 4.98 Å². The smallest absolute Gasteiger partial charge is 0.148 e. The fraction of sp³-hybridized carbons (Fsp3) is 0.0833. The van der Waals surface area contributed by atoms with Crippen LogP contribution in [0.15, 0.2) is 23.6 Å². The van der Waals surface area contributed by atoms with Crippen molar-refractivity contribution in [2.75, 3.05) is 12.8 Å². The first kappa shape index (κ1) is 11.4. The molecule has 0 aliphatic rings. The number of H-pyrrole nitrogens is 1. The fourth-order valence-corrected chi connectivity index (χ4v) is 2.80. The molecule has 92 valence electrons. The highest BCUT2D eigenvalue weighted by Gasteiger charge is 2.11. The first-order chi connectivity index (χ1) is 8.67. The summed E-state index contributed by atoms with van der Waals surface area (Å²) in [5.74, 6) is 1.59. The van der Waals surface area contributed by atoms with Crippen LogP contribution in [0.3, 0.4) is 0 Å². The van der Waals surface area contributed by atoms with E-state index in [0.29, 0.717) is 10.7 Å². The molecule has 0 radical (unpaired) electrons. The van der Waals surface area contributed by atoms with Gasteiger partial charge < -0.3 is 15.5 Å². The molecule has 0 saturated heterocycles. The van der Waals surface area contributed by atoms with Crippen LogP contribution in [0.2, 0.25) is 5.02 Å². The van der Waals surface area contributed by atoms with E-state index in [1.54, 1.807) is 24.5 Å². The SMILES string of the molecule is COc1csc(-c2nc3c(N)cc(Cl)cc3[nH]2)c1. The number of methoxy groups -OCH3 is 1. The molecule has 0 fully saturated rings. The van der Waals surface area contributed by atoms with E-state index in [4.69, 9.17) is 22.1 Å². The van der Waals surface area contributed by atoms with Crippen molar-refractivity contribution in [2.45, 2.75) is 0 Å². The van der Waals surface area contributed by atoms with Gasteiger partial charge >= 0.3 is 0 Å². The van der Waals surface area contributed by atoms with Gasteiger partial charge in [0.05, 0.1) is 23.2 Å². The average Bonchev–Trinajstić information content (AvgIpc) is 2.93. The van der Waals surface area contributed by atoms with Crippen LogP contribution in [0, 0.1) is 0 Å². The highest BCUT2D eigenvalue weighted by atomic mass is 35.5. The lowest BCUT2D eigenvalue weighted by molar-refractivity contribution is 0.417. The first-order valence-corrected chi connectivity index (χ1v) is 6.51. The summed E-state index contributed by atoms with van der Waals surface area (Å²) in [5.41, 5.74) is 8.04. The van der Waals surface area contributed by atoms with E-state index in [9.17, 15) is 0 Å². The van der Waals surface area contributed by atoms with Gasteiger partial charge in [0.15, 0.2) is 0 Å². The van der Waals surface area contributed by atoms with Gasteiger partial charge in [0.25, 0.3) is 0 Å². The Morgan fingerprint density at radius 3 is 2.94 bits per heavy atom. The second-order valence-electron chi connectivity index (χ2n) is 3.83. The fourth-order valence-electron chi connectivity index (χ4n) is 1.77. The van der Waals surface area contributed by atoms with Crippen LogP contribution in [0.5, 0.6) is 5.75 Å². The van der Waals surface area contributed by atoms with E-state index in [2.05, 4.69) is 9.97 Å². The molecule has 6 heteroatoms. The number of nitrogens with two attached hydrogens (primary N) is 1. The maximum absolute atomic E-state index is 5.96.